The fourth-order valence-electron chi connectivity index (χ4n) is 6.67. The van der Waals surface area contributed by atoms with Gasteiger partial charge in [0, 0.05) is 0 Å². The van der Waals surface area contributed by atoms with Crippen LogP contribution in [0.3, 0.4) is 0 Å². The van der Waals surface area contributed by atoms with Gasteiger partial charge >= 0.3 is 0 Å². The zero-order valence-corrected chi connectivity index (χ0v) is 15.6. The highest BCUT2D eigenvalue weighted by Crippen LogP contribution is 2.56. The molecular formula is C26H22. The molecule has 26 heavy (non-hydrogen) atoms. The van der Waals surface area contributed by atoms with Crippen molar-refractivity contribution in [3.63, 3.8) is 0 Å². The summed E-state index contributed by atoms with van der Waals surface area (Å²) >= 11 is 0. The molecule has 126 valence electrons. The van der Waals surface area contributed by atoms with Crippen molar-refractivity contribution in [1.29, 1.82) is 0 Å². The van der Waals surface area contributed by atoms with Gasteiger partial charge in [-0.1, -0.05) is 24.3 Å². The van der Waals surface area contributed by atoms with E-state index in [0.717, 1.165) is 12.8 Å². The van der Waals surface area contributed by atoms with Crippen LogP contribution in [0.1, 0.15) is 59.1 Å². The molecule has 0 radical (unpaired) electrons. The fraction of sp³-hybridized carbons (Fsp3) is 0.308. The summed E-state index contributed by atoms with van der Waals surface area (Å²) in [5.41, 5.74) is 23.0. The molecule has 0 atom stereocenters. The molecule has 0 unspecified atom stereocenters. The number of benzene rings is 1. The summed E-state index contributed by atoms with van der Waals surface area (Å²) in [4.78, 5) is 0. The lowest BCUT2D eigenvalue weighted by Gasteiger charge is -2.20. The molecule has 0 saturated heterocycles. The van der Waals surface area contributed by atoms with Crippen molar-refractivity contribution in [2.24, 2.45) is 0 Å². The molecule has 0 aromatic heterocycles. The van der Waals surface area contributed by atoms with Crippen LogP contribution < -0.4 is 0 Å². The van der Waals surface area contributed by atoms with Gasteiger partial charge in [0.15, 0.2) is 0 Å². The minimum atomic E-state index is 1.16. The molecule has 6 aliphatic carbocycles. The number of fused-ring (bicyclic) bond motifs is 6. The van der Waals surface area contributed by atoms with Gasteiger partial charge in [-0.25, -0.2) is 0 Å². The maximum Gasteiger partial charge on any atom is -0.00108 e. The van der Waals surface area contributed by atoms with Crippen LogP contribution in [0.15, 0.2) is 57.7 Å². The van der Waals surface area contributed by atoms with Gasteiger partial charge in [-0.2, -0.15) is 0 Å². The van der Waals surface area contributed by atoms with Crippen LogP contribution >= 0.6 is 0 Å². The predicted molar refractivity (Wildman–Crippen MR) is 108 cm³/mol. The molecule has 0 N–H and O–H groups in total. The standard InChI is InChI=1S/C26H22/c1-13-19-11-21-17-7-4-6-16(17)10-24(21)26(19)14(2)20-12-22-18-8-3-5-15(18)9-23(22)25(13)20/h3-6H,7-12H2,1-2H3. The lowest BCUT2D eigenvalue weighted by atomic mass is 9.84. The van der Waals surface area contributed by atoms with Gasteiger partial charge in [-0.15, -0.1) is 0 Å². The first kappa shape index (κ1) is 13.8. The smallest absolute Gasteiger partial charge is 0.00108 e. The maximum atomic E-state index is 2.41. The molecule has 0 heteroatoms. The minimum absolute atomic E-state index is 1.16. The summed E-state index contributed by atoms with van der Waals surface area (Å²) in [6.07, 6.45) is 16.5. The first-order valence-corrected chi connectivity index (χ1v) is 10.1. The van der Waals surface area contributed by atoms with Crippen molar-refractivity contribution < 1.29 is 0 Å². The Hall–Kier alpha value is -2.34. The van der Waals surface area contributed by atoms with Crippen molar-refractivity contribution in [3.05, 3.63) is 91.1 Å². The van der Waals surface area contributed by atoms with Crippen molar-refractivity contribution in [1.82, 2.24) is 0 Å². The monoisotopic (exact) mass is 334 g/mol. The third kappa shape index (κ3) is 1.39. The second kappa shape index (κ2) is 4.31. The van der Waals surface area contributed by atoms with Crippen LogP contribution in [0.4, 0.5) is 0 Å². The number of rotatable bonds is 0. The Morgan fingerprint density at radius 1 is 0.538 bits per heavy atom. The largest absolute Gasteiger partial charge is 0.0798 e. The first-order chi connectivity index (χ1) is 12.7. The van der Waals surface area contributed by atoms with Gasteiger partial charge in [-0.3, -0.25) is 0 Å². The molecule has 7 rings (SSSR count). The summed E-state index contributed by atoms with van der Waals surface area (Å²) in [7, 11) is 0. The van der Waals surface area contributed by atoms with Crippen LogP contribution in [-0.4, -0.2) is 0 Å². The van der Waals surface area contributed by atoms with Crippen molar-refractivity contribution in [2.75, 3.05) is 0 Å². The zero-order valence-electron chi connectivity index (χ0n) is 15.6. The van der Waals surface area contributed by atoms with Crippen molar-refractivity contribution in [3.8, 4) is 0 Å². The summed E-state index contributed by atoms with van der Waals surface area (Å²) in [5, 5.41) is 0. The second-order valence-electron chi connectivity index (χ2n) is 8.80. The third-order valence-electron chi connectivity index (χ3n) is 7.82. The Balaban J connectivity index is 1.40. The molecule has 0 heterocycles. The normalized spacial score (nSPS) is 23.5. The number of allylic oxidation sites excluding steroid dienone is 12. The molecule has 0 spiro atoms. The van der Waals surface area contributed by atoms with E-state index in [0.29, 0.717) is 0 Å². The maximum absolute atomic E-state index is 2.41. The van der Waals surface area contributed by atoms with E-state index in [1.54, 1.807) is 78.0 Å². The number of hydrogen-bond donors (Lipinski definition) is 0. The van der Waals surface area contributed by atoms with E-state index >= 15 is 0 Å². The molecule has 0 aliphatic heterocycles. The molecule has 0 saturated carbocycles. The Morgan fingerprint density at radius 3 is 1.46 bits per heavy atom. The second-order valence-corrected chi connectivity index (χ2v) is 8.80. The van der Waals surface area contributed by atoms with E-state index in [2.05, 4.69) is 38.2 Å². The molecule has 1 aromatic rings. The summed E-state index contributed by atoms with van der Waals surface area (Å²) < 4.78 is 0. The Labute approximate surface area is 155 Å². The highest BCUT2D eigenvalue weighted by Gasteiger charge is 2.39. The van der Waals surface area contributed by atoms with E-state index in [1.807, 2.05) is 0 Å². The fourth-order valence-corrected chi connectivity index (χ4v) is 6.67. The van der Waals surface area contributed by atoms with Crippen LogP contribution in [0.2, 0.25) is 0 Å². The van der Waals surface area contributed by atoms with Crippen LogP contribution in [0.25, 0.3) is 11.1 Å². The van der Waals surface area contributed by atoms with Gasteiger partial charge < -0.3 is 0 Å². The van der Waals surface area contributed by atoms with Gasteiger partial charge in [0.2, 0.25) is 0 Å². The Morgan fingerprint density at radius 2 is 1.00 bits per heavy atom. The lowest BCUT2D eigenvalue weighted by molar-refractivity contribution is 1.08. The minimum Gasteiger partial charge on any atom is -0.0798 e. The summed E-state index contributed by atoms with van der Waals surface area (Å²) in [6, 6.07) is 0. The van der Waals surface area contributed by atoms with Gasteiger partial charge in [0.1, 0.15) is 0 Å². The molecule has 6 aliphatic rings. The van der Waals surface area contributed by atoms with Gasteiger partial charge in [-0.05, 0) is 130 Å². The predicted octanol–water partition coefficient (Wildman–Crippen LogP) is 6.24. The van der Waals surface area contributed by atoms with E-state index in [9.17, 15) is 0 Å². The average Bonchev–Trinajstić information content (AvgIpc) is 3.38. The zero-order chi connectivity index (χ0) is 17.2. The van der Waals surface area contributed by atoms with Crippen molar-refractivity contribution >= 4 is 11.1 Å². The molecule has 0 amide bonds. The lowest BCUT2D eigenvalue weighted by Crippen LogP contribution is -2.04. The molecule has 0 fully saturated rings. The molecule has 1 aromatic carbocycles. The number of hydrogen-bond acceptors (Lipinski definition) is 0. The van der Waals surface area contributed by atoms with Crippen LogP contribution in [-0.2, 0) is 12.8 Å². The first-order valence-electron chi connectivity index (χ1n) is 10.1. The SMILES string of the molecule is Cc1c2c(c(C)c3c1C1=C(C3)C3=C(C=CC3)C1)C1=C(C2)C2=C(C=CC2)C1. The summed E-state index contributed by atoms with van der Waals surface area (Å²) in [5.74, 6) is 0. The van der Waals surface area contributed by atoms with E-state index in [1.165, 1.54) is 25.7 Å². The van der Waals surface area contributed by atoms with E-state index in [-0.39, 0.29) is 0 Å². The van der Waals surface area contributed by atoms with E-state index < -0.39 is 0 Å². The van der Waals surface area contributed by atoms with Gasteiger partial charge in [0.25, 0.3) is 0 Å². The van der Waals surface area contributed by atoms with Crippen LogP contribution in [0.5, 0.6) is 0 Å². The Bertz CT molecular complexity index is 1070. The third-order valence-corrected chi connectivity index (χ3v) is 7.82. The topological polar surface area (TPSA) is 0 Å². The Kier molecular flexibility index (Phi) is 2.29. The van der Waals surface area contributed by atoms with Crippen molar-refractivity contribution in [2.45, 2.75) is 52.4 Å². The summed E-state index contributed by atoms with van der Waals surface area (Å²) in [6.45, 7) is 4.83. The average molecular weight is 334 g/mol. The highest BCUT2D eigenvalue weighted by molar-refractivity contribution is 5.95. The van der Waals surface area contributed by atoms with Crippen LogP contribution in [0, 0.1) is 13.8 Å². The molecule has 0 nitrogen and oxygen atoms in total. The molecule has 0 bridgehead atoms. The molecular weight excluding hydrogens is 312 g/mol. The van der Waals surface area contributed by atoms with Gasteiger partial charge in [0.05, 0.1) is 0 Å². The quantitative estimate of drug-likeness (QED) is 0.526. The van der Waals surface area contributed by atoms with E-state index in [4.69, 9.17) is 0 Å². The highest BCUT2D eigenvalue weighted by atomic mass is 14.4.